The fraction of sp³-hybridized carbons (Fsp3) is 0.0909. The van der Waals surface area contributed by atoms with E-state index in [2.05, 4.69) is 33.1 Å². The molecule has 0 fully saturated rings. The summed E-state index contributed by atoms with van der Waals surface area (Å²) < 4.78 is 0.630. The van der Waals surface area contributed by atoms with Gasteiger partial charge in [0.2, 0.25) is 0 Å². The molecule has 1 aromatic rings. The molecule has 1 aromatic carbocycles. The van der Waals surface area contributed by atoms with Crippen molar-refractivity contribution in [3.63, 3.8) is 0 Å². The number of halogens is 2. The maximum atomic E-state index is 11.4. The van der Waals surface area contributed by atoms with Gasteiger partial charge < -0.3 is 15.7 Å². The van der Waals surface area contributed by atoms with Gasteiger partial charge in [0, 0.05) is 4.48 Å². The van der Waals surface area contributed by atoms with Crippen molar-refractivity contribution in [1.82, 2.24) is 5.32 Å². The van der Waals surface area contributed by atoms with Crippen molar-refractivity contribution in [1.29, 1.82) is 0 Å². The van der Waals surface area contributed by atoms with Crippen LogP contribution in [0.5, 0.6) is 0 Å². The molecule has 1 rings (SSSR count). The molecule has 0 radical (unpaired) electrons. The lowest BCUT2D eigenvalue weighted by Crippen LogP contribution is -2.29. The summed E-state index contributed by atoms with van der Waals surface area (Å²) in [6, 6.07) is 3.59. The van der Waals surface area contributed by atoms with E-state index in [1.54, 1.807) is 0 Å². The Morgan fingerprint density at radius 2 is 2.11 bits per heavy atom. The average Bonchev–Trinajstić information content (AvgIpc) is 2.29. The lowest BCUT2D eigenvalue weighted by atomic mass is 10.2. The second-order valence-corrected chi connectivity index (χ2v) is 4.85. The molecule has 0 saturated heterocycles. The van der Waals surface area contributed by atoms with Crippen LogP contribution in [0.25, 0.3) is 0 Å². The van der Waals surface area contributed by atoms with E-state index in [0.29, 0.717) is 10.2 Å². The van der Waals surface area contributed by atoms with Crippen molar-refractivity contribution in [3.8, 4) is 0 Å². The van der Waals surface area contributed by atoms with Crippen LogP contribution in [0.2, 0.25) is 5.02 Å². The van der Waals surface area contributed by atoms with Crippen molar-refractivity contribution in [2.24, 2.45) is 0 Å². The summed E-state index contributed by atoms with van der Waals surface area (Å²) in [5.74, 6) is -1.08. The number of amides is 2. The molecule has 18 heavy (non-hydrogen) atoms. The SMILES string of the molecule is C=C(Br)CNC(=O)Nc1ccc(C(=O)O)cc1Cl. The number of carboxylic acids is 1. The lowest BCUT2D eigenvalue weighted by Gasteiger charge is -2.09. The minimum atomic E-state index is -1.08. The summed E-state index contributed by atoms with van der Waals surface area (Å²) in [7, 11) is 0. The van der Waals surface area contributed by atoms with Crippen molar-refractivity contribution in [2.45, 2.75) is 0 Å². The van der Waals surface area contributed by atoms with E-state index in [1.807, 2.05) is 0 Å². The smallest absolute Gasteiger partial charge is 0.335 e. The van der Waals surface area contributed by atoms with Gasteiger partial charge >= 0.3 is 12.0 Å². The minimum Gasteiger partial charge on any atom is -0.478 e. The molecule has 7 heteroatoms. The Morgan fingerprint density at radius 3 is 2.61 bits per heavy atom. The molecule has 0 aliphatic heterocycles. The minimum absolute atomic E-state index is 0.0554. The van der Waals surface area contributed by atoms with E-state index < -0.39 is 12.0 Å². The van der Waals surface area contributed by atoms with Gasteiger partial charge in [0.25, 0.3) is 0 Å². The van der Waals surface area contributed by atoms with Gasteiger partial charge in [0.05, 0.1) is 22.8 Å². The van der Waals surface area contributed by atoms with Crippen LogP contribution in [-0.4, -0.2) is 23.7 Å². The predicted octanol–water partition coefficient (Wildman–Crippen LogP) is 3.07. The highest BCUT2D eigenvalue weighted by atomic mass is 79.9. The molecule has 5 nitrogen and oxygen atoms in total. The number of urea groups is 1. The van der Waals surface area contributed by atoms with E-state index >= 15 is 0 Å². The monoisotopic (exact) mass is 332 g/mol. The second-order valence-electron chi connectivity index (χ2n) is 3.32. The molecular weight excluding hydrogens is 323 g/mol. The third kappa shape index (κ3) is 4.38. The molecular formula is C11H10BrClN2O3. The first-order valence-electron chi connectivity index (χ1n) is 4.81. The van der Waals surface area contributed by atoms with E-state index in [-0.39, 0.29) is 17.1 Å². The Labute approximate surface area is 117 Å². The van der Waals surface area contributed by atoms with E-state index in [0.717, 1.165) is 0 Å². The summed E-state index contributed by atoms with van der Waals surface area (Å²) in [4.78, 5) is 22.1. The van der Waals surface area contributed by atoms with Gasteiger partial charge in [-0.3, -0.25) is 0 Å². The molecule has 3 N–H and O–H groups in total. The van der Waals surface area contributed by atoms with E-state index in [9.17, 15) is 9.59 Å². The van der Waals surface area contributed by atoms with Crippen LogP contribution < -0.4 is 10.6 Å². The van der Waals surface area contributed by atoms with Crippen LogP contribution in [0, 0.1) is 0 Å². The Morgan fingerprint density at radius 1 is 1.44 bits per heavy atom. The fourth-order valence-electron chi connectivity index (χ4n) is 1.09. The maximum absolute atomic E-state index is 11.4. The summed E-state index contributed by atoms with van der Waals surface area (Å²) in [5, 5.41) is 13.9. The zero-order chi connectivity index (χ0) is 13.7. The van der Waals surface area contributed by atoms with E-state index in [1.165, 1.54) is 18.2 Å². The van der Waals surface area contributed by atoms with Crippen LogP contribution >= 0.6 is 27.5 Å². The molecule has 0 aliphatic rings. The van der Waals surface area contributed by atoms with Crippen LogP contribution in [0.1, 0.15) is 10.4 Å². The number of carboxylic acid groups (broad SMARTS) is 1. The third-order valence-electron chi connectivity index (χ3n) is 1.90. The van der Waals surface area contributed by atoms with Gasteiger partial charge in [0.15, 0.2) is 0 Å². The third-order valence-corrected chi connectivity index (χ3v) is 2.50. The van der Waals surface area contributed by atoms with Gasteiger partial charge in [0.1, 0.15) is 0 Å². The van der Waals surface area contributed by atoms with Crippen LogP contribution in [0.3, 0.4) is 0 Å². The molecule has 0 spiro atoms. The number of carbonyl (C=O) groups excluding carboxylic acids is 1. The molecule has 0 aliphatic carbocycles. The Hall–Kier alpha value is -1.53. The van der Waals surface area contributed by atoms with Gasteiger partial charge in [-0.2, -0.15) is 0 Å². The maximum Gasteiger partial charge on any atom is 0.335 e. The first kappa shape index (κ1) is 14.5. The predicted molar refractivity (Wildman–Crippen MR) is 73.5 cm³/mol. The van der Waals surface area contributed by atoms with Gasteiger partial charge in [-0.1, -0.05) is 34.1 Å². The molecule has 2 amide bonds. The van der Waals surface area contributed by atoms with E-state index in [4.69, 9.17) is 16.7 Å². The van der Waals surface area contributed by atoms with Gasteiger partial charge in [-0.05, 0) is 18.2 Å². The highest BCUT2D eigenvalue weighted by Gasteiger charge is 2.09. The first-order valence-corrected chi connectivity index (χ1v) is 5.98. The van der Waals surface area contributed by atoms with Crippen LogP contribution in [0.4, 0.5) is 10.5 Å². The Bertz CT molecular complexity index is 505. The van der Waals surface area contributed by atoms with Crippen molar-refractivity contribution in [3.05, 3.63) is 39.8 Å². The number of aromatic carboxylic acids is 1. The van der Waals surface area contributed by atoms with Crippen molar-refractivity contribution < 1.29 is 14.7 Å². The van der Waals surface area contributed by atoms with Crippen molar-refractivity contribution >= 4 is 45.2 Å². The molecule has 96 valence electrons. The number of carbonyl (C=O) groups is 2. The summed E-state index contributed by atoms with van der Waals surface area (Å²) in [6.45, 7) is 3.84. The highest BCUT2D eigenvalue weighted by molar-refractivity contribution is 9.11. The summed E-state index contributed by atoms with van der Waals surface area (Å²) in [6.07, 6.45) is 0. The van der Waals surface area contributed by atoms with Gasteiger partial charge in [-0.25, -0.2) is 9.59 Å². The van der Waals surface area contributed by atoms with Crippen LogP contribution in [0.15, 0.2) is 29.3 Å². The molecule has 0 unspecified atom stereocenters. The quantitative estimate of drug-likeness (QED) is 0.792. The summed E-state index contributed by atoms with van der Waals surface area (Å²) >= 11 is 8.95. The molecule has 0 bridgehead atoms. The average molecular weight is 334 g/mol. The fourth-order valence-corrected chi connectivity index (χ4v) is 1.46. The standard InChI is InChI=1S/C11H10BrClN2O3/c1-6(12)5-14-11(18)15-9-3-2-7(10(16)17)4-8(9)13/h2-4H,1,5H2,(H,16,17)(H2,14,15,18). The second kappa shape index (κ2) is 6.42. The number of hydrogen-bond donors (Lipinski definition) is 3. The molecule has 0 atom stereocenters. The normalized spacial score (nSPS) is 9.67. The Kier molecular flexibility index (Phi) is 5.18. The lowest BCUT2D eigenvalue weighted by molar-refractivity contribution is 0.0697. The topological polar surface area (TPSA) is 78.4 Å². The number of nitrogens with one attached hydrogen (secondary N) is 2. The zero-order valence-electron chi connectivity index (χ0n) is 9.17. The number of anilines is 1. The number of benzene rings is 1. The molecule has 0 heterocycles. The largest absolute Gasteiger partial charge is 0.478 e. The Balaban J connectivity index is 2.70. The molecule has 0 saturated carbocycles. The number of rotatable bonds is 4. The zero-order valence-corrected chi connectivity index (χ0v) is 11.5. The highest BCUT2D eigenvalue weighted by Crippen LogP contribution is 2.22. The van der Waals surface area contributed by atoms with Gasteiger partial charge in [-0.15, -0.1) is 0 Å². The number of hydrogen-bond acceptors (Lipinski definition) is 2. The first-order chi connectivity index (χ1) is 8.40. The molecule has 0 aromatic heterocycles. The van der Waals surface area contributed by atoms with Crippen molar-refractivity contribution in [2.75, 3.05) is 11.9 Å². The van der Waals surface area contributed by atoms with Crippen LogP contribution in [-0.2, 0) is 0 Å². The summed E-state index contributed by atoms with van der Waals surface area (Å²) in [5.41, 5.74) is 0.388.